The summed E-state index contributed by atoms with van der Waals surface area (Å²) in [6.07, 6.45) is 3.51. The van der Waals surface area contributed by atoms with Crippen LogP contribution in [0.3, 0.4) is 0 Å². The van der Waals surface area contributed by atoms with Crippen molar-refractivity contribution in [3.05, 3.63) is 53.9 Å². The average molecular weight is 485 g/mol. The SMILES string of the molecule is COCC(=O)Nc1ccc2c(c1)OC[C@@H](C)N(Cc1cccnc1)C[C@@H](C)[C@H](OC)CN(C)C2=O. The van der Waals surface area contributed by atoms with E-state index in [0.717, 1.165) is 12.1 Å². The Morgan fingerprint density at radius 1 is 1.23 bits per heavy atom. The Kier molecular flexibility index (Phi) is 9.59. The Balaban J connectivity index is 1.92. The highest BCUT2D eigenvalue weighted by atomic mass is 16.5. The van der Waals surface area contributed by atoms with Gasteiger partial charge < -0.3 is 24.4 Å². The second-order valence-corrected chi connectivity index (χ2v) is 9.08. The number of nitrogens with one attached hydrogen (secondary N) is 1. The number of benzene rings is 1. The number of carbonyl (C=O) groups excluding carboxylic acids is 2. The van der Waals surface area contributed by atoms with Gasteiger partial charge in [0.15, 0.2) is 0 Å². The van der Waals surface area contributed by atoms with Crippen LogP contribution in [0.4, 0.5) is 5.69 Å². The number of fused-ring (bicyclic) bond motifs is 1. The van der Waals surface area contributed by atoms with Crippen molar-refractivity contribution in [2.45, 2.75) is 32.5 Å². The summed E-state index contributed by atoms with van der Waals surface area (Å²) in [6, 6.07) is 9.11. The Morgan fingerprint density at radius 3 is 2.71 bits per heavy atom. The minimum atomic E-state index is -0.281. The van der Waals surface area contributed by atoms with E-state index in [1.54, 1.807) is 43.5 Å². The van der Waals surface area contributed by atoms with E-state index in [-0.39, 0.29) is 36.5 Å². The number of ether oxygens (including phenoxy) is 3. The Bertz CT molecular complexity index is 987. The second-order valence-electron chi connectivity index (χ2n) is 9.08. The minimum Gasteiger partial charge on any atom is -0.491 e. The number of hydrogen-bond acceptors (Lipinski definition) is 7. The fourth-order valence-corrected chi connectivity index (χ4v) is 4.20. The average Bonchev–Trinajstić information content (AvgIpc) is 2.85. The van der Waals surface area contributed by atoms with Crippen molar-refractivity contribution in [2.75, 3.05) is 52.9 Å². The molecule has 3 rings (SSSR count). The predicted molar refractivity (Wildman–Crippen MR) is 133 cm³/mol. The van der Waals surface area contributed by atoms with E-state index in [9.17, 15) is 9.59 Å². The van der Waals surface area contributed by atoms with Gasteiger partial charge in [-0.05, 0) is 36.6 Å². The fraction of sp³-hybridized carbons (Fsp3) is 0.500. The predicted octanol–water partition coefficient (Wildman–Crippen LogP) is 2.67. The topological polar surface area (TPSA) is 93.2 Å². The quantitative estimate of drug-likeness (QED) is 0.674. The molecule has 1 aliphatic heterocycles. The van der Waals surface area contributed by atoms with Gasteiger partial charge in [-0.15, -0.1) is 0 Å². The fourth-order valence-electron chi connectivity index (χ4n) is 4.20. The molecule has 2 aromatic rings. The number of pyridine rings is 1. The van der Waals surface area contributed by atoms with Crippen molar-refractivity contribution in [3.63, 3.8) is 0 Å². The first kappa shape index (κ1) is 26.6. The second kappa shape index (κ2) is 12.6. The first-order valence-corrected chi connectivity index (χ1v) is 11.8. The van der Waals surface area contributed by atoms with Gasteiger partial charge in [0.25, 0.3) is 5.91 Å². The molecule has 1 aromatic heterocycles. The zero-order valence-corrected chi connectivity index (χ0v) is 21.2. The van der Waals surface area contributed by atoms with Crippen molar-refractivity contribution < 1.29 is 23.8 Å². The maximum Gasteiger partial charge on any atom is 0.257 e. The molecular formula is C26H36N4O5. The summed E-state index contributed by atoms with van der Waals surface area (Å²) in [4.78, 5) is 33.6. The highest BCUT2D eigenvalue weighted by molar-refractivity contribution is 5.98. The number of likely N-dealkylation sites (N-methyl/N-ethyl adjacent to an activating group) is 1. The number of carbonyl (C=O) groups is 2. The van der Waals surface area contributed by atoms with Crippen LogP contribution in [-0.2, 0) is 20.8 Å². The normalized spacial score (nSPS) is 21.9. The number of hydrogen-bond donors (Lipinski definition) is 1. The number of aromatic nitrogens is 1. The van der Waals surface area contributed by atoms with E-state index in [0.29, 0.717) is 36.7 Å². The lowest BCUT2D eigenvalue weighted by Crippen LogP contribution is -2.46. The van der Waals surface area contributed by atoms with Gasteiger partial charge in [-0.25, -0.2) is 0 Å². The summed E-state index contributed by atoms with van der Waals surface area (Å²) in [5.74, 6) is 0.154. The molecule has 0 aliphatic carbocycles. The van der Waals surface area contributed by atoms with Crippen LogP contribution in [0.2, 0.25) is 0 Å². The van der Waals surface area contributed by atoms with Gasteiger partial charge in [0.05, 0.1) is 11.7 Å². The van der Waals surface area contributed by atoms with Gasteiger partial charge in [-0.2, -0.15) is 0 Å². The van der Waals surface area contributed by atoms with Crippen LogP contribution in [0.15, 0.2) is 42.7 Å². The molecule has 0 saturated heterocycles. The van der Waals surface area contributed by atoms with Gasteiger partial charge in [-0.3, -0.25) is 19.5 Å². The smallest absolute Gasteiger partial charge is 0.257 e. The molecule has 2 amide bonds. The minimum absolute atomic E-state index is 0.0435. The summed E-state index contributed by atoms with van der Waals surface area (Å²) >= 11 is 0. The van der Waals surface area contributed by atoms with E-state index >= 15 is 0 Å². The van der Waals surface area contributed by atoms with Crippen LogP contribution in [-0.4, -0.2) is 86.3 Å². The molecule has 0 fully saturated rings. The first-order valence-electron chi connectivity index (χ1n) is 11.8. The molecule has 0 radical (unpaired) electrons. The van der Waals surface area contributed by atoms with Crippen molar-refractivity contribution >= 4 is 17.5 Å². The molecule has 0 saturated carbocycles. The maximum absolute atomic E-state index is 13.3. The standard InChI is InChI=1S/C26H36N4O5/c1-18-13-30(14-20-7-6-10-27-12-20)19(2)16-35-23-11-21(28-25(31)17-33-4)8-9-22(23)26(32)29(3)15-24(18)34-5/h6-12,18-19,24H,13-17H2,1-5H3,(H,28,31)/t18-,19-,24-/m1/s1. The molecule has 0 unspecified atom stereocenters. The molecule has 1 aliphatic rings. The Morgan fingerprint density at radius 2 is 2.03 bits per heavy atom. The lowest BCUT2D eigenvalue weighted by Gasteiger charge is -2.36. The summed E-state index contributed by atoms with van der Waals surface area (Å²) in [5, 5.41) is 2.77. The molecular weight excluding hydrogens is 448 g/mol. The lowest BCUT2D eigenvalue weighted by atomic mass is 10.0. The molecule has 1 N–H and O–H groups in total. The molecule has 9 nitrogen and oxygen atoms in total. The molecule has 0 spiro atoms. The molecule has 2 heterocycles. The summed E-state index contributed by atoms with van der Waals surface area (Å²) in [7, 11) is 4.91. The first-order chi connectivity index (χ1) is 16.8. The number of methoxy groups -OCH3 is 2. The summed E-state index contributed by atoms with van der Waals surface area (Å²) in [6.45, 7) is 6.48. The molecule has 190 valence electrons. The number of amides is 2. The van der Waals surface area contributed by atoms with E-state index < -0.39 is 0 Å². The Labute approximate surface area is 207 Å². The Hall–Kier alpha value is -3.01. The van der Waals surface area contributed by atoms with Crippen LogP contribution in [0, 0.1) is 5.92 Å². The van der Waals surface area contributed by atoms with Crippen LogP contribution < -0.4 is 10.1 Å². The molecule has 0 bridgehead atoms. The van der Waals surface area contributed by atoms with Crippen LogP contribution in [0.5, 0.6) is 5.75 Å². The molecule has 3 atom stereocenters. The number of anilines is 1. The highest BCUT2D eigenvalue weighted by Gasteiger charge is 2.28. The van der Waals surface area contributed by atoms with Crippen LogP contribution in [0.1, 0.15) is 29.8 Å². The van der Waals surface area contributed by atoms with Crippen LogP contribution in [0.25, 0.3) is 0 Å². The third-order valence-electron chi connectivity index (χ3n) is 6.24. The van der Waals surface area contributed by atoms with Gasteiger partial charge in [-0.1, -0.05) is 13.0 Å². The van der Waals surface area contributed by atoms with E-state index in [1.165, 1.54) is 7.11 Å². The van der Waals surface area contributed by atoms with Crippen molar-refractivity contribution in [2.24, 2.45) is 5.92 Å². The van der Waals surface area contributed by atoms with E-state index in [2.05, 4.69) is 35.1 Å². The molecule has 1 aromatic carbocycles. The van der Waals surface area contributed by atoms with Gasteiger partial charge in [0.1, 0.15) is 19.0 Å². The van der Waals surface area contributed by atoms with Gasteiger partial charge >= 0.3 is 0 Å². The highest BCUT2D eigenvalue weighted by Crippen LogP contribution is 2.27. The third-order valence-corrected chi connectivity index (χ3v) is 6.24. The van der Waals surface area contributed by atoms with Gasteiger partial charge in [0, 0.05) is 71.1 Å². The summed E-state index contributed by atoms with van der Waals surface area (Å²) < 4.78 is 16.9. The third kappa shape index (κ3) is 7.24. The van der Waals surface area contributed by atoms with E-state index in [1.807, 2.05) is 12.3 Å². The van der Waals surface area contributed by atoms with Crippen molar-refractivity contribution in [3.8, 4) is 5.75 Å². The van der Waals surface area contributed by atoms with Crippen molar-refractivity contribution in [1.82, 2.24) is 14.8 Å². The zero-order valence-electron chi connectivity index (χ0n) is 21.2. The largest absolute Gasteiger partial charge is 0.491 e. The van der Waals surface area contributed by atoms with Gasteiger partial charge in [0.2, 0.25) is 5.91 Å². The van der Waals surface area contributed by atoms with Crippen LogP contribution >= 0.6 is 0 Å². The van der Waals surface area contributed by atoms with Crippen molar-refractivity contribution in [1.29, 1.82) is 0 Å². The zero-order chi connectivity index (χ0) is 25.4. The lowest BCUT2D eigenvalue weighted by molar-refractivity contribution is -0.119. The summed E-state index contributed by atoms with van der Waals surface area (Å²) in [5.41, 5.74) is 2.09. The molecule has 35 heavy (non-hydrogen) atoms. The monoisotopic (exact) mass is 484 g/mol. The molecule has 9 heteroatoms. The number of rotatable bonds is 6. The van der Waals surface area contributed by atoms with E-state index in [4.69, 9.17) is 14.2 Å². The number of nitrogens with zero attached hydrogens (tertiary/aromatic N) is 3. The maximum atomic E-state index is 13.3.